The van der Waals surface area contributed by atoms with Crippen LogP contribution in [0.15, 0.2) is 18.2 Å². The van der Waals surface area contributed by atoms with Gasteiger partial charge in [0, 0.05) is 18.2 Å². The summed E-state index contributed by atoms with van der Waals surface area (Å²) in [5.74, 6) is -1.16. The monoisotopic (exact) mass is 293 g/mol. The lowest BCUT2D eigenvalue weighted by Gasteiger charge is -2.13. The molecule has 0 bridgehead atoms. The van der Waals surface area contributed by atoms with Gasteiger partial charge in [0.25, 0.3) is 11.6 Å². The molecule has 1 aliphatic carbocycles. The molecule has 0 radical (unpaired) electrons. The number of nitrogens with zero attached hydrogens (tertiary/aromatic N) is 1. The van der Waals surface area contributed by atoms with Crippen molar-refractivity contribution < 1.29 is 19.2 Å². The Balaban J connectivity index is 2.02. The van der Waals surface area contributed by atoms with Crippen molar-refractivity contribution in [1.82, 2.24) is 5.32 Å². The van der Waals surface area contributed by atoms with Gasteiger partial charge < -0.3 is 15.8 Å². The molecular weight excluding hydrogens is 278 g/mol. The number of hydrogen-bond acceptors (Lipinski definition) is 6. The van der Waals surface area contributed by atoms with Gasteiger partial charge in [0.15, 0.2) is 6.10 Å². The van der Waals surface area contributed by atoms with Gasteiger partial charge in [0.2, 0.25) is 0 Å². The largest absolute Gasteiger partial charge is 0.449 e. The van der Waals surface area contributed by atoms with Crippen LogP contribution >= 0.6 is 0 Å². The molecule has 1 saturated carbocycles. The number of carbonyl (C=O) groups is 2. The predicted octanol–water partition coefficient (Wildman–Crippen LogP) is 1.00. The fourth-order valence-electron chi connectivity index (χ4n) is 1.67. The number of rotatable bonds is 5. The highest BCUT2D eigenvalue weighted by Crippen LogP contribution is 2.21. The molecule has 1 aromatic rings. The van der Waals surface area contributed by atoms with Crippen LogP contribution in [0, 0.1) is 10.1 Å². The van der Waals surface area contributed by atoms with Gasteiger partial charge >= 0.3 is 5.97 Å². The molecule has 1 aliphatic rings. The maximum atomic E-state index is 11.9. The van der Waals surface area contributed by atoms with Crippen molar-refractivity contribution in [3.05, 3.63) is 33.9 Å². The van der Waals surface area contributed by atoms with Crippen LogP contribution in [0.3, 0.4) is 0 Å². The zero-order valence-corrected chi connectivity index (χ0v) is 11.4. The van der Waals surface area contributed by atoms with Crippen LogP contribution in [-0.2, 0) is 9.53 Å². The van der Waals surface area contributed by atoms with E-state index in [1.165, 1.54) is 13.0 Å². The van der Waals surface area contributed by atoms with E-state index in [4.69, 9.17) is 10.5 Å². The Labute approximate surface area is 120 Å². The maximum Gasteiger partial charge on any atom is 0.341 e. The molecular formula is C13H15N3O5. The van der Waals surface area contributed by atoms with E-state index in [1.54, 1.807) is 0 Å². The highest BCUT2D eigenvalue weighted by atomic mass is 16.6. The Morgan fingerprint density at radius 2 is 2.14 bits per heavy atom. The van der Waals surface area contributed by atoms with Crippen LogP contribution in [0.25, 0.3) is 0 Å². The van der Waals surface area contributed by atoms with Crippen molar-refractivity contribution in [3.8, 4) is 0 Å². The first-order valence-electron chi connectivity index (χ1n) is 6.43. The third-order valence-electron chi connectivity index (χ3n) is 3.04. The van der Waals surface area contributed by atoms with Gasteiger partial charge in [-0.05, 0) is 25.8 Å². The number of nitro benzene ring substituents is 1. The second-order valence-electron chi connectivity index (χ2n) is 4.86. The van der Waals surface area contributed by atoms with Gasteiger partial charge in [-0.25, -0.2) is 4.79 Å². The number of anilines is 1. The minimum absolute atomic E-state index is 0.00771. The van der Waals surface area contributed by atoms with E-state index < -0.39 is 17.0 Å². The molecule has 1 amide bonds. The smallest absolute Gasteiger partial charge is 0.341 e. The van der Waals surface area contributed by atoms with Crippen LogP contribution in [-0.4, -0.2) is 28.9 Å². The van der Waals surface area contributed by atoms with Gasteiger partial charge in [0.05, 0.1) is 16.2 Å². The first kappa shape index (κ1) is 14.8. The zero-order valence-electron chi connectivity index (χ0n) is 11.4. The second-order valence-corrected chi connectivity index (χ2v) is 4.86. The van der Waals surface area contributed by atoms with Gasteiger partial charge in [-0.2, -0.15) is 0 Å². The molecule has 0 saturated heterocycles. The van der Waals surface area contributed by atoms with Crippen molar-refractivity contribution >= 4 is 23.3 Å². The molecule has 1 fully saturated rings. The van der Waals surface area contributed by atoms with E-state index in [2.05, 4.69) is 5.32 Å². The molecule has 0 heterocycles. The summed E-state index contributed by atoms with van der Waals surface area (Å²) in [7, 11) is 0. The van der Waals surface area contributed by atoms with E-state index in [0.717, 1.165) is 25.0 Å². The molecule has 21 heavy (non-hydrogen) atoms. The number of esters is 1. The van der Waals surface area contributed by atoms with Crippen molar-refractivity contribution in [1.29, 1.82) is 0 Å². The third-order valence-corrected chi connectivity index (χ3v) is 3.04. The first-order chi connectivity index (χ1) is 9.88. The van der Waals surface area contributed by atoms with Crippen LogP contribution in [0.1, 0.15) is 30.1 Å². The van der Waals surface area contributed by atoms with E-state index in [9.17, 15) is 19.7 Å². The fraction of sp³-hybridized carbons (Fsp3) is 0.385. The molecule has 0 spiro atoms. The highest BCUT2D eigenvalue weighted by Gasteiger charge is 2.27. The molecule has 0 aliphatic heterocycles. The number of amides is 1. The zero-order chi connectivity index (χ0) is 15.6. The quantitative estimate of drug-likeness (QED) is 0.361. The number of benzene rings is 1. The summed E-state index contributed by atoms with van der Waals surface area (Å²) in [6, 6.07) is 3.61. The lowest BCUT2D eigenvalue weighted by molar-refractivity contribution is -0.384. The van der Waals surface area contributed by atoms with Gasteiger partial charge in [0.1, 0.15) is 0 Å². The lowest BCUT2D eigenvalue weighted by Crippen LogP contribution is -2.37. The summed E-state index contributed by atoms with van der Waals surface area (Å²) < 4.78 is 5.01. The standard InChI is InChI=1S/C13H15N3O5/c1-7(12(17)15-8-2-3-8)21-13(18)10-5-4-9(16(19)20)6-11(10)14/h4-8H,2-3,14H2,1H3,(H,15,17)/t7-/m0/s1. The molecule has 0 aromatic heterocycles. The Kier molecular flexibility index (Phi) is 4.06. The van der Waals surface area contributed by atoms with Crippen LogP contribution in [0.2, 0.25) is 0 Å². The molecule has 2 rings (SSSR count). The number of nitrogens with two attached hydrogens (primary N) is 1. The Morgan fingerprint density at radius 3 is 2.67 bits per heavy atom. The van der Waals surface area contributed by atoms with Crippen LogP contribution in [0.5, 0.6) is 0 Å². The van der Waals surface area contributed by atoms with Gasteiger partial charge in [-0.3, -0.25) is 14.9 Å². The normalized spacial score (nSPS) is 15.1. The highest BCUT2D eigenvalue weighted by molar-refractivity contribution is 5.97. The first-order valence-corrected chi connectivity index (χ1v) is 6.43. The number of ether oxygens (including phenoxy) is 1. The SMILES string of the molecule is C[C@H](OC(=O)c1ccc([N+](=O)[O-])cc1N)C(=O)NC1CC1. The molecule has 0 unspecified atom stereocenters. The topological polar surface area (TPSA) is 125 Å². The molecule has 8 heteroatoms. The predicted molar refractivity (Wildman–Crippen MR) is 73.6 cm³/mol. The summed E-state index contributed by atoms with van der Waals surface area (Å²) in [5, 5.41) is 13.3. The number of hydrogen-bond donors (Lipinski definition) is 2. The Hall–Kier alpha value is -2.64. The summed E-state index contributed by atoms with van der Waals surface area (Å²) in [6.07, 6.45) is 0.913. The van der Waals surface area contributed by atoms with E-state index in [1.807, 2.05) is 0 Å². The molecule has 3 N–H and O–H groups in total. The lowest BCUT2D eigenvalue weighted by atomic mass is 10.1. The number of nitrogens with one attached hydrogen (secondary N) is 1. The van der Waals surface area contributed by atoms with Crippen LogP contribution in [0.4, 0.5) is 11.4 Å². The number of carbonyl (C=O) groups excluding carboxylic acids is 2. The Bertz CT molecular complexity index is 597. The molecule has 112 valence electrons. The van der Waals surface area contributed by atoms with Gasteiger partial charge in [-0.15, -0.1) is 0 Å². The third kappa shape index (κ3) is 3.68. The summed E-state index contributed by atoms with van der Waals surface area (Å²) in [4.78, 5) is 33.6. The maximum absolute atomic E-state index is 11.9. The average molecular weight is 293 g/mol. The Morgan fingerprint density at radius 1 is 1.48 bits per heavy atom. The fourth-order valence-corrected chi connectivity index (χ4v) is 1.67. The summed E-state index contributed by atoms with van der Waals surface area (Å²) >= 11 is 0. The van der Waals surface area contributed by atoms with Crippen LogP contribution < -0.4 is 11.1 Å². The summed E-state index contributed by atoms with van der Waals surface area (Å²) in [6.45, 7) is 1.46. The minimum Gasteiger partial charge on any atom is -0.449 e. The molecule has 1 atom stereocenters. The van der Waals surface area contributed by atoms with Crippen molar-refractivity contribution in [3.63, 3.8) is 0 Å². The van der Waals surface area contributed by atoms with E-state index >= 15 is 0 Å². The molecule has 1 aromatic carbocycles. The second kappa shape index (κ2) is 5.78. The number of nitrogen functional groups attached to an aromatic ring is 1. The van der Waals surface area contributed by atoms with E-state index in [-0.39, 0.29) is 28.9 Å². The summed E-state index contributed by atoms with van der Waals surface area (Å²) in [5.41, 5.74) is 5.30. The van der Waals surface area contributed by atoms with Crippen molar-refractivity contribution in [2.45, 2.75) is 31.9 Å². The average Bonchev–Trinajstić information content (AvgIpc) is 3.21. The van der Waals surface area contributed by atoms with Crippen molar-refractivity contribution in [2.24, 2.45) is 0 Å². The van der Waals surface area contributed by atoms with Crippen molar-refractivity contribution in [2.75, 3.05) is 5.73 Å². The van der Waals surface area contributed by atoms with E-state index in [0.29, 0.717) is 0 Å². The number of nitro groups is 1. The minimum atomic E-state index is -0.951. The molecule has 8 nitrogen and oxygen atoms in total. The van der Waals surface area contributed by atoms with Gasteiger partial charge in [-0.1, -0.05) is 0 Å². The number of non-ortho nitro benzene ring substituents is 1.